The van der Waals surface area contributed by atoms with Crippen molar-refractivity contribution in [2.24, 2.45) is 0 Å². The zero-order valence-electron chi connectivity index (χ0n) is 15.7. The van der Waals surface area contributed by atoms with Gasteiger partial charge in [0.05, 0.1) is 17.2 Å². The van der Waals surface area contributed by atoms with Crippen LogP contribution in [0, 0.1) is 0 Å². The summed E-state index contributed by atoms with van der Waals surface area (Å²) in [6, 6.07) is 15.6. The SMILES string of the molecule is CCCCc1nc2cnc3ccccc3c2n1Cc1ccc(NC(=O)O)cc1. The molecule has 142 valence electrons. The highest BCUT2D eigenvalue weighted by Gasteiger charge is 2.14. The smallest absolute Gasteiger partial charge is 0.409 e. The Morgan fingerprint density at radius 2 is 1.89 bits per heavy atom. The van der Waals surface area contributed by atoms with Crippen molar-refractivity contribution >= 4 is 33.7 Å². The summed E-state index contributed by atoms with van der Waals surface area (Å²) >= 11 is 0. The zero-order valence-corrected chi connectivity index (χ0v) is 15.7. The summed E-state index contributed by atoms with van der Waals surface area (Å²) in [4.78, 5) is 20.2. The topological polar surface area (TPSA) is 80.0 Å². The van der Waals surface area contributed by atoms with E-state index in [1.54, 1.807) is 12.1 Å². The molecule has 4 aromatic rings. The first kappa shape index (κ1) is 18.0. The summed E-state index contributed by atoms with van der Waals surface area (Å²) in [6.07, 6.45) is 3.89. The number of unbranched alkanes of at least 4 members (excludes halogenated alkanes) is 1. The standard InChI is InChI=1S/C22H22N4O2/c1-2-3-8-20-25-19-13-23-18-7-5-4-6-17(18)21(19)26(20)14-15-9-11-16(12-10-15)24-22(27)28/h4-7,9-13,24H,2-3,8,14H2,1H3,(H,27,28). The van der Waals surface area contributed by atoms with Crippen LogP contribution in [0.3, 0.4) is 0 Å². The Bertz CT molecular complexity index is 1130. The Morgan fingerprint density at radius 1 is 1.11 bits per heavy atom. The molecule has 2 heterocycles. The summed E-state index contributed by atoms with van der Waals surface area (Å²) in [5, 5.41) is 12.3. The van der Waals surface area contributed by atoms with Gasteiger partial charge in [-0.3, -0.25) is 10.3 Å². The largest absolute Gasteiger partial charge is 0.465 e. The Morgan fingerprint density at radius 3 is 2.64 bits per heavy atom. The van der Waals surface area contributed by atoms with E-state index in [0.29, 0.717) is 12.2 Å². The lowest BCUT2D eigenvalue weighted by Crippen LogP contribution is -2.08. The molecule has 2 aromatic carbocycles. The minimum atomic E-state index is -1.06. The lowest BCUT2D eigenvalue weighted by atomic mass is 10.1. The molecule has 0 spiro atoms. The van der Waals surface area contributed by atoms with Crippen molar-refractivity contribution in [1.82, 2.24) is 14.5 Å². The molecule has 6 nitrogen and oxygen atoms in total. The molecule has 6 heteroatoms. The van der Waals surface area contributed by atoms with Crippen LogP contribution in [0.5, 0.6) is 0 Å². The van der Waals surface area contributed by atoms with Gasteiger partial charge in [-0.1, -0.05) is 43.7 Å². The highest BCUT2D eigenvalue weighted by atomic mass is 16.4. The summed E-state index contributed by atoms with van der Waals surface area (Å²) in [7, 11) is 0. The van der Waals surface area contributed by atoms with Crippen LogP contribution in [0.2, 0.25) is 0 Å². The predicted octanol–water partition coefficient (Wildman–Crippen LogP) is 5.07. The number of para-hydroxylation sites is 1. The monoisotopic (exact) mass is 374 g/mol. The van der Waals surface area contributed by atoms with Crippen molar-refractivity contribution < 1.29 is 9.90 Å². The van der Waals surface area contributed by atoms with Crippen LogP contribution >= 0.6 is 0 Å². The van der Waals surface area contributed by atoms with Crippen LogP contribution in [0.25, 0.3) is 21.9 Å². The van der Waals surface area contributed by atoms with Crippen LogP contribution < -0.4 is 5.32 Å². The third-order valence-electron chi connectivity index (χ3n) is 4.86. The number of carboxylic acid groups (broad SMARTS) is 1. The maximum Gasteiger partial charge on any atom is 0.409 e. The van der Waals surface area contributed by atoms with Crippen molar-refractivity contribution in [1.29, 1.82) is 0 Å². The molecule has 0 bridgehead atoms. The molecule has 4 rings (SSSR count). The highest BCUT2D eigenvalue weighted by molar-refractivity contribution is 6.02. The van der Waals surface area contributed by atoms with E-state index in [4.69, 9.17) is 10.1 Å². The van der Waals surface area contributed by atoms with Gasteiger partial charge in [-0.25, -0.2) is 9.78 Å². The van der Waals surface area contributed by atoms with E-state index >= 15 is 0 Å². The van der Waals surface area contributed by atoms with Crippen LogP contribution in [-0.4, -0.2) is 25.7 Å². The molecule has 0 aliphatic heterocycles. The lowest BCUT2D eigenvalue weighted by molar-refractivity contribution is 0.210. The molecule has 28 heavy (non-hydrogen) atoms. The number of aryl methyl sites for hydroxylation is 1. The Hall–Kier alpha value is -3.41. The van der Waals surface area contributed by atoms with Gasteiger partial charge < -0.3 is 9.67 Å². The van der Waals surface area contributed by atoms with Gasteiger partial charge in [-0.05, 0) is 30.2 Å². The number of carbonyl (C=O) groups is 1. The molecule has 0 saturated carbocycles. The molecular weight excluding hydrogens is 352 g/mol. The van der Waals surface area contributed by atoms with Crippen LogP contribution in [0.15, 0.2) is 54.7 Å². The number of hydrogen-bond acceptors (Lipinski definition) is 3. The van der Waals surface area contributed by atoms with Crippen molar-refractivity contribution in [2.75, 3.05) is 5.32 Å². The van der Waals surface area contributed by atoms with Crippen LogP contribution in [-0.2, 0) is 13.0 Å². The minimum absolute atomic E-state index is 0.563. The fourth-order valence-corrected chi connectivity index (χ4v) is 3.51. The summed E-state index contributed by atoms with van der Waals surface area (Å²) < 4.78 is 2.27. The van der Waals surface area contributed by atoms with Gasteiger partial charge in [0, 0.05) is 24.0 Å². The Balaban J connectivity index is 1.79. The molecule has 0 unspecified atom stereocenters. The molecule has 2 N–H and O–H groups in total. The molecule has 2 aromatic heterocycles. The fourth-order valence-electron chi connectivity index (χ4n) is 3.51. The maximum atomic E-state index is 10.8. The number of amides is 1. The van der Waals surface area contributed by atoms with Crippen molar-refractivity contribution in [3.63, 3.8) is 0 Å². The van der Waals surface area contributed by atoms with Gasteiger partial charge in [0.2, 0.25) is 0 Å². The first-order valence-electron chi connectivity index (χ1n) is 9.47. The second-order valence-electron chi connectivity index (χ2n) is 6.85. The summed E-state index contributed by atoms with van der Waals surface area (Å²) in [6.45, 7) is 2.86. The number of imidazole rings is 1. The van der Waals surface area contributed by atoms with Gasteiger partial charge in [-0.15, -0.1) is 0 Å². The fraction of sp³-hybridized carbons (Fsp3) is 0.227. The Kier molecular flexibility index (Phi) is 4.93. The number of nitrogens with one attached hydrogen (secondary N) is 1. The average molecular weight is 374 g/mol. The molecule has 1 amide bonds. The second-order valence-corrected chi connectivity index (χ2v) is 6.85. The van der Waals surface area contributed by atoms with Crippen LogP contribution in [0.4, 0.5) is 10.5 Å². The third-order valence-corrected chi connectivity index (χ3v) is 4.86. The van der Waals surface area contributed by atoms with Gasteiger partial charge in [0.1, 0.15) is 11.3 Å². The van der Waals surface area contributed by atoms with Crippen molar-refractivity contribution in [2.45, 2.75) is 32.7 Å². The average Bonchev–Trinajstić information content (AvgIpc) is 3.05. The predicted molar refractivity (Wildman–Crippen MR) is 111 cm³/mol. The van der Waals surface area contributed by atoms with Gasteiger partial charge in [0.15, 0.2) is 0 Å². The number of hydrogen-bond donors (Lipinski definition) is 2. The van der Waals surface area contributed by atoms with E-state index in [2.05, 4.69) is 27.9 Å². The molecule has 0 aliphatic carbocycles. The summed E-state index contributed by atoms with van der Waals surface area (Å²) in [5.74, 6) is 1.06. The molecule has 0 radical (unpaired) electrons. The number of anilines is 1. The van der Waals surface area contributed by atoms with Crippen molar-refractivity contribution in [3.05, 3.63) is 66.1 Å². The molecular formula is C22H22N4O2. The van der Waals surface area contributed by atoms with Gasteiger partial charge in [-0.2, -0.15) is 0 Å². The normalized spacial score (nSPS) is 11.2. The van der Waals surface area contributed by atoms with E-state index < -0.39 is 6.09 Å². The van der Waals surface area contributed by atoms with Gasteiger partial charge >= 0.3 is 6.09 Å². The van der Waals surface area contributed by atoms with E-state index in [9.17, 15) is 4.79 Å². The van der Waals surface area contributed by atoms with Gasteiger partial charge in [0.25, 0.3) is 0 Å². The quantitative estimate of drug-likeness (QED) is 0.494. The number of benzene rings is 2. The number of fused-ring (bicyclic) bond motifs is 3. The van der Waals surface area contributed by atoms with E-state index in [0.717, 1.165) is 52.6 Å². The second kappa shape index (κ2) is 7.68. The zero-order chi connectivity index (χ0) is 19.5. The summed E-state index contributed by atoms with van der Waals surface area (Å²) in [5.41, 5.74) is 4.62. The highest BCUT2D eigenvalue weighted by Crippen LogP contribution is 2.26. The van der Waals surface area contributed by atoms with E-state index in [-0.39, 0.29) is 0 Å². The van der Waals surface area contributed by atoms with E-state index in [1.807, 2.05) is 36.5 Å². The Labute approximate surface area is 162 Å². The minimum Gasteiger partial charge on any atom is -0.465 e. The lowest BCUT2D eigenvalue weighted by Gasteiger charge is -2.11. The number of rotatable bonds is 6. The first-order valence-corrected chi connectivity index (χ1v) is 9.47. The molecule has 0 aliphatic rings. The maximum absolute atomic E-state index is 10.8. The third kappa shape index (κ3) is 3.53. The number of pyridine rings is 1. The van der Waals surface area contributed by atoms with E-state index in [1.165, 1.54) is 0 Å². The molecule has 0 saturated heterocycles. The first-order chi connectivity index (χ1) is 13.7. The van der Waals surface area contributed by atoms with Crippen LogP contribution in [0.1, 0.15) is 31.2 Å². The molecule has 0 fully saturated rings. The molecule has 0 atom stereocenters. The number of nitrogens with zero attached hydrogens (tertiary/aromatic N) is 3. The number of aromatic nitrogens is 3. The van der Waals surface area contributed by atoms with Crippen molar-refractivity contribution in [3.8, 4) is 0 Å².